The summed E-state index contributed by atoms with van der Waals surface area (Å²) >= 11 is 0. The summed E-state index contributed by atoms with van der Waals surface area (Å²) < 4.78 is 0. The number of primary amides is 1. The quantitative estimate of drug-likeness (QED) is 0.624. The first-order valence-corrected chi connectivity index (χ1v) is 8.24. The van der Waals surface area contributed by atoms with Crippen LogP contribution in [0.1, 0.15) is 48.0 Å². The highest BCUT2D eigenvalue weighted by Crippen LogP contribution is 2.17. The molecule has 5 N–H and O–H groups in total. The van der Waals surface area contributed by atoms with E-state index in [4.69, 9.17) is 5.73 Å². The van der Waals surface area contributed by atoms with E-state index in [1.165, 1.54) is 6.42 Å². The molecular formula is C17H24N4O3. The molecule has 0 atom stereocenters. The maximum absolute atomic E-state index is 12.0. The topological polar surface area (TPSA) is 113 Å². The molecule has 130 valence electrons. The van der Waals surface area contributed by atoms with E-state index in [0.717, 1.165) is 31.2 Å². The summed E-state index contributed by atoms with van der Waals surface area (Å²) in [5, 5.41) is 8.05. The Hall–Kier alpha value is -2.57. The van der Waals surface area contributed by atoms with Gasteiger partial charge in [0.1, 0.15) is 0 Å². The average Bonchev–Trinajstić information content (AvgIpc) is 2.59. The Morgan fingerprint density at radius 3 is 2.29 bits per heavy atom. The maximum atomic E-state index is 12.0. The third-order valence-electron chi connectivity index (χ3n) is 4.06. The van der Waals surface area contributed by atoms with E-state index in [0.29, 0.717) is 12.1 Å². The number of carbonyl (C=O) groups is 3. The van der Waals surface area contributed by atoms with Gasteiger partial charge in [0, 0.05) is 18.2 Å². The van der Waals surface area contributed by atoms with Crippen molar-refractivity contribution in [1.29, 1.82) is 0 Å². The highest BCUT2D eigenvalue weighted by molar-refractivity contribution is 5.96. The van der Waals surface area contributed by atoms with Crippen LogP contribution in [0.5, 0.6) is 0 Å². The van der Waals surface area contributed by atoms with Gasteiger partial charge in [-0.05, 0) is 30.5 Å². The van der Waals surface area contributed by atoms with Crippen LogP contribution in [0.3, 0.4) is 0 Å². The van der Waals surface area contributed by atoms with Crippen LogP contribution in [0, 0.1) is 0 Å². The molecule has 7 heteroatoms. The minimum atomic E-state index is -0.596. The number of hydrogen-bond acceptors (Lipinski definition) is 3. The number of rotatable bonds is 6. The lowest BCUT2D eigenvalue weighted by molar-refractivity contribution is -0.121. The molecule has 0 bridgehead atoms. The van der Waals surface area contributed by atoms with Gasteiger partial charge in [-0.15, -0.1) is 0 Å². The molecule has 2 rings (SSSR count). The van der Waals surface area contributed by atoms with Gasteiger partial charge in [-0.1, -0.05) is 31.4 Å². The molecule has 1 aromatic rings. The maximum Gasteiger partial charge on any atom is 0.312 e. The smallest absolute Gasteiger partial charge is 0.312 e. The van der Waals surface area contributed by atoms with Gasteiger partial charge in [-0.2, -0.15) is 0 Å². The summed E-state index contributed by atoms with van der Waals surface area (Å²) in [4.78, 5) is 34.6. The molecule has 1 aromatic carbocycles. The van der Waals surface area contributed by atoms with Gasteiger partial charge in [0.2, 0.25) is 5.91 Å². The van der Waals surface area contributed by atoms with Crippen molar-refractivity contribution in [3.05, 3.63) is 35.4 Å². The molecular weight excluding hydrogens is 308 g/mol. The van der Waals surface area contributed by atoms with Crippen LogP contribution < -0.4 is 21.7 Å². The Labute approximate surface area is 141 Å². The molecule has 7 nitrogen and oxygen atoms in total. The molecule has 0 spiro atoms. The predicted octanol–water partition coefficient (Wildman–Crippen LogP) is 1.03. The van der Waals surface area contributed by atoms with E-state index >= 15 is 0 Å². The number of hydrogen-bond donors (Lipinski definition) is 4. The zero-order chi connectivity index (χ0) is 17.4. The second-order valence-electron chi connectivity index (χ2n) is 6.00. The Balaban J connectivity index is 1.75. The SMILES string of the molecule is NC(=O)NCc1ccc(C(=O)NCC(=O)NC2CCCCC2)cc1. The largest absolute Gasteiger partial charge is 0.352 e. The summed E-state index contributed by atoms with van der Waals surface area (Å²) in [7, 11) is 0. The van der Waals surface area contributed by atoms with Crippen LogP contribution in [0.4, 0.5) is 4.79 Å². The van der Waals surface area contributed by atoms with E-state index in [1.807, 2.05) is 0 Å². The van der Waals surface area contributed by atoms with Crippen molar-refractivity contribution < 1.29 is 14.4 Å². The highest BCUT2D eigenvalue weighted by Gasteiger charge is 2.16. The van der Waals surface area contributed by atoms with E-state index in [-0.39, 0.29) is 24.4 Å². The number of benzene rings is 1. The van der Waals surface area contributed by atoms with Gasteiger partial charge in [0.15, 0.2) is 0 Å². The Morgan fingerprint density at radius 2 is 1.67 bits per heavy atom. The van der Waals surface area contributed by atoms with Crippen LogP contribution in [0.15, 0.2) is 24.3 Å². The fraction of sp³-hybridized carbons (Fsp3) is 0.471. The molecule has 0 aliphatic heterocycles. The molecule has 0 saturated heterocycles. The molecule has 1 fully saturated rings. The Morgan fingerprint density at radius 1 is 1.00 bits per heavy atom. The molecule has 1 aliphatic rings. The Bertz CT molecular complexity index is 580. The average molecular weight is 332 g/mol. The number of amides is 4. The summed E-state index contributed by atoms with van der Waals surface area (Å²) in [6.07, 6.45) is 5.55. The van der Waals surface area contributed by atoms with Crippen LogP contribution in [0.2, 0.25) is 0 Å². The van der Waals surface area contributed by atoms with Crippen molar-refractivity contribution in [2.45, 2.75) is 44.7 Å². The first kappa shape index (κ1) is 17.8. The lowest BCUT2D eigenvalue weighted by Gasteiger charge is -2.22. The monoisotopic (exact) mass is 332 g/mol. The second kappa shape index (κ2) is 8.90. The van der Waals surface area contributed by atoms with E-state index in [9.17, 15) is 14.4 Å². The zero-order valence-corrected chi connectivity index (χ0v) is 13.6. The summed E-state index contributed by atoms with van der Waals surface area (Å²) in [6.45, 7) is 0.279. The number of nitrogens with two attached hydrogens (primary N) is 1. The lowest BCUT2D eigenvalue weighted by Crippen LogP contribution is -2.42. The zero-order valence-electron chi connectivity index (χ0n) is 13.6. The highest BCUT2D eigenvalue weighted by atomic mass is 16.2. The molecule has 0 heterocycles. The fourth-order valence-electron chi connectivity index (χ4n) is 2.75. The van der Waals surface area contributed by atoms with Gasteiger partial charge in [-0.3, -0.25) is 9.59 Å². The molecule has 24 heavy (non-hydrogen) atoms. The first-order chi connectivity index (χ1) is 11.5. The van der Waals surface area contributed by atoms with Gasteiger partial charge < -0.3 is 21.7 Å². The van der Waals surface area contributed by atoms with Crippen LogP contribution in [-0.4, -0.2) is 30.4 Å². The van der Waals surface area contributed by atoms with Crippen molar-refractivity contribution in [3.63, 3.8) is 0 Å². The number of urea groups is 1. The Kier molecular flexibility index (Phi) is 6.60. The minimum absolute atomic E-state index is 0.0275. The fourth-order valence-corrected chi connectivity index (χ4v) is 2.75. The molecule has 0 aromatic heterocycles. The summed E-state index contributed by atoms with van der Waals surface area (Å²) in [5.74, 6) is -0.458. The van der Waals surface area contributed by atoms with Crippen molar-refractivity contribution in [2.24, 2.45) is 5.73 Å². The van der Waals surface area contributed by atoms with Crippen LogP contribution in [-0.2, 0) is 11.3 Å². The van der Waals surface area contributed by atoms with Crippen molar-refractivity contribution in [1.82, 2.24) is 16.0 Å². The van der Waals surface area contributed by atoms with Crippen LogP contribution >= 0.6 is 0 Å². The van der Waals surface area contributed by atoms with E-state index in [2.05, 4.69) is 16.0 Å². The predicted molar refractivity (Wildman–Crippen MR) is 90.2 cm³/mol. The minimum Gasteiger partial charge on any atom is -0.352 e. The first-order valence-electron chi connectivity index (χ1n) is 8.24. The number of carbonyl (C=O) groups excluding carboxylic acids is 3. The molecule has 1 saturated carbocycles. The van der Waals surface area contributed by atoms with E-state index in [1.54, 1.807) is 24.3 Å². The molecule has 0 unspecified atom stereocenters. The van der Waals surface area contributed by atoms with Gasteiger partial charge in [0.25, 0.3) is 5.91 Å². The summed E-state index contributed by atoms with van der Waals surface area (Å²) in [5.41, 5.74) is 6.30. The standard InChI is InChI=1S/C17H24N4O3/c18-17(24)20-10-12-6-8-13(9-7-12)16(23)19-11-15(22)21-14-4-2-1-3-5-14/h6-9,14H,1-5,10-11H2,(H,19,23)(H,21,22)(H3,18,20,24). The van der Waals surface area contributed by atoms with Gasteiger partial charge >= 0.3 is 6.03 Å². The number of nitrogens with one attached hydrogen (secondary N) is 3. The third kappa shape index (κ3) is 5.91. The van der Waals surface area contributed by atoms with E-state index < -0.39 is 6.03 Å². The second-order valence-corrected chi connectivity index (χ2v) is 6.00. The lowest BCUT2D eigenvalue weighted by atomic mass is 9.95. The van der Waals surface area contributed by atoms with Crippen LogP contribution in [0.25, 0.3) is 0 Å². The van der Waals surface area contributed by atoms with Crippen molar-refractivity contribution in [3.8, 4) is 0 Å². The normalized spacial score (nSPS) is 14.7. The third-order valence-corrected chi connectivity index (χ3v) is 4.06. The van der Waals surface area contributed by atoms with Crippen molar-refractivity contribution >= 4 is 17.8 Å². The molecule has 1 aliphatic carbocycles. The van der Waals surface area contributed by atoms with Gasteiger partial charge in [-0.25, -0.2) is 4.79 Å². The van der Waals surface area contributed by atoms with Crippen molar-refractivity contribution in [2.75, 3.05) is 6.54 Å². The molecule has 0 radical (unpaired) electrons. The van der Waals surface area contributed by atoms with Gasteiger partial charge in [0.05, 0.1) is 6.54 Å². The summed E-state index contributed by atoms with van der Waals surface area (Å²) in [6, 6.07) is 6.39. The molecule has 4 amide bonds.